The number of benzene rings is 1. The third-order valence-corrected chi connectivity index (χ3v) is 3.14. The molecule has 0 heterocycles. The first-order valence-corrected chi connectivity index (χ1v) is 6.44. The topological polar surface area (TPSA) is 67.2 Å². The summed E-state index contributed by atoms with van der Waals surface area (Å²) in [4.78, 5) is 12.0. The Morgan fingerprint density at radius 3 is 2.39 bits per heavy atom. The minimum absolute atomic E-state index is 0.0330. The molecule has 2 unspecified atom stereocenters. The summed E-state index contributed by atoms with van der Waals surface area (Å²) in [5.74, 6) is 5.87. The Bertz CT molecular complexity index is 375. The van der Waals surface area contributed by atoms with Gasteiger partial charge in [0.05, 0.1) is 0 Å². The molecule has 0 spiro atoms. The molecule has 0 fully saturated rings. The summed E-state index contributed by atoms with van der Waals surface area (Å²) in [6, 6.07) is 7.29. The van der Waals surface area contributed by atoms with E-state index < -0.39 is 0 Å². The number of nitrogens with two attached hydrogens (primary N) is 1. The molecule has 0 saturated carbocycles. The van der Waals surface area contributed by atoms with E-state index in [-0.39, 0.29) is 11.9 Å². The predicted molar refractivity (Wildman–Crippen MR) is 75.3 cm³/mol. The fraction of sp³-hybridized carbons (Fsp3) is 0.500. The lowest BCUT2D eigenvalue weighted by molar-refractivity contribution is 0.0935. The van der Waals surface area contributed by atoms with Crippen LogP contribution >= 0.6 is 0 Å². The molecule has 0 aromatic heterocycles. The monoisotopic (exact) mass is 249 g/mol. The van der Waals surface area contributed by atoms with E-state index in [1.807, 2.05) is 6.92 Å². The summed E-state index contributed by atoms with van der Waals surface area (Å²) in [6.07, 6.45) is 2.14. The van der Waals surface area contributed by atoms with Gasteiger partial charge in [0.15, 0.2) is 0 Å². The number of nitrogen functional groups attached to an aromatic ring is 1. The summed E-state index contributed by atoms with van der Waals surface area (Å²) in [7, 11) is 0. The maximum absolute atomic E-state index is 12.0. The van der Waals surface area contributed by atoms with Crippen LogP contribution in [0.1, 0.15) is 44.0 Å². The van der Waals surface area contributed by atoms with Crippen molar-refractivity contribution < 1.29 is 4.79 Å². The van der Waals surface area contributed by atoms with E-state index >= 15 is 0 Å². The van der Waals surface area contributed by atoms with Crippen molar-refractivity contribution in [2.24, 2.45) is 11.8 Å². The number of hydrogen-bond acceptors (Lipinski definition) is 3. The number of rotatable bonds is 6. The fourth-order valence-electron chi connectivity index (χ4n) is 1.85. The SMILES string of the molecule is CCC(C)CC(C)NC(=O)c1ccc(NN)cc1. The van der Waals surface area contributed by atoms with Crippen LogP contribution in [-0.4, -0.2) is 11.9 Å². The van der Waals surface area contributed by atoms with Crippen LogP contribution in [0.15, 0.2) is 24.3 Å². The molecule has 0 aliphatic carbocycles. The van der Waals surface area contributed by atoms with E-state index in [0.717, 1.165) is 18.5 Å². The lowest BCUT2D eigenvalue weighted by atomic mass is 10.00. The van der Waals surface area contributed by atoms with E-state index in [1.54, 1.807) is 24.3 Å². The zero-order valence-electron chi connectivity index (χ0n) is 11.4. The predicted octanol–water partition coefficient (Wildman–Crippen LogP) is 2.53. The minimum atomic E-state index is -0.0330. The van der Waals surface area contributed by atoms with Gasteiger partial charge in [-0.15, -0.1) is 0 Å². The number of hydrazine groups is 1. The standard InChI is InChI=1S/C14H23N3O/c1-4-10(2)9-11(3)16-14(18)12-5-7-13(17-15)8-6-12/h5-8,10-11,17H,4,9,15H2,1-3H3,(H,16,18). The van der Waals surface area contributed by atoms with Gasteiger partial charge < -0.3 is 10.7 Å². The van der Waals surface area contributed by atoms with Gasteiger partial charge in [-0.2, -0.15) is 0 Å². The van der Waals surface area contributed by atoms with Crippen molar-refractivity contribution in [1.29, 1.82) is 0 Å². The first kappa shape index (κ1) is 14.5. The van der Waals surface area contributed by atoms with E-state index in [9.17, 15) is 4.79 Å². The van der Waals surface area contributed by atoms with Gasteiger partial charge in [0.25, 0.3) is 5.91 Å². The molecule has 0 radical (unpaired) electrons. The Balaban J connectivity index is 2.53. The van der Waals surface area contributed by atoms with Crippen molar-refractivity contribution in [3.63, 3.8) is 0 Å². The van der Waals surface area contributed by atoms with Crippen molar-refractivity contribution >= 4 is 11.6 Å². The molecule has 0 aliphatic rings. The van der Waals surface area contributed by atoms with Gasteiger partial charge in [0.2, 0.25) is 0 Å². The number of nitrogens with one attached hydrogen (secondary N) is 2. The fourth-order valence-corrected chi connectivity index (χ4v) is 1.85. The zero-order chi connectivity index (χ0) is 13.5. The molecule has 0 saturated heterocycles. The summed E-state index contributed by atoms with van der Waals surface area (Å²) in [6.45, 7) is 6.40. The Morgan fingerprint density at radius 1 is 1.28 bits per heavy atom. The van der Waals surface area contributed by atoms with Crippen LogP contribution in [0.25, 0.3) is 0 Å². The minimum Gasteiger partial charge on any atom is -0.350 e. The molecule has 1 amide bonds. The van der Waals surface area contributed by atoms with Gasteiger partial charge in [0, 0.05) is 17.3 Å². The molecule has 2 atom stereocenters. The highest BCUT2D eigenvalue weighted by Gasteiger charge is 2.11. The summed E-state index contributed by atoms with van der Waals surface area (Å²) >= 11 is 0. The number of hydrogen-bond donors (Lipinski definition) is 3. The van der Waals surface area contributed by atoms with Crippen LogP contribution in [0.4, 0.5) is 5.69 Å². The third kappa shape index (κ3) is 4.37. The number of carbonyl (C=O) groups is 1. The van der Waals surface area contributed by atoms with Crippen LogP contribution in [0.2, 0.25) is 0 Å². The normalized spacial score (nSPS) is 13.8. The van der Waals surface area contributed by atoms with E-state index in [2.05, 4.69) is 24.6 Å². The highest BCUT2D eigenvalue weighted by molar-refractivity contribution is 5.94. The lowest BCUT2D eigenvalue weighted by Crippen LogP contribution is -2.33. The molecule has 0 aliphatic heterocycles. The van der Waals surface area contributed by atoms with E-state index in [4.69, 9.17) is 5.84 Å². The van der Waals surface area contributed by atoms with Gasteiger partial charge >= 0.3 is 0 Å². The van der Waals surface area contributed by atoms with Crippen molar-refractivity contribution in [1.82, 2.24) is 5.32 Å². The molecule has 1 aromatic carbocycles. The van der Waals surface area contributed by atoms with Gasteiger partial charge in [-0.25, -0.2) is 0 Å². The van der Waals surface area contributed by atoms with Crippen LogP contribution in [0.3, 0.4) is 0 Å². The van der Waals surface area contributed by atoms with Crippen LogP contribution < -0.4 is 16.6 Å². The molecule has 100 valence electrons. The lowest BCUT2D eigenvalue weighted by Gasteiger charge is -2.17. The number of amides is 1. The largest absolute Gasteiger partial charge is 0.350 e. The van der Waals surface area contributed by atoms with Crippen LogP contribution in [0.5, 0.6) is 0 Å². The Hall–Kier alpha value is -1.55. The molecular formula is C14H23N3O. The average molecular weight is 249 g/mol. The molecular weight excluding hydrogens is 226 g/mol. The van der Waals surface area contributed by atoms with Crippen LogP contribution in [0, 0.1) is 5.92 Å². The van der Waals surface area contributed by atoms with Crippen molar-refractivity contribution in [3.05, 3.63) is 29.8 Å². The van der Waals surface area contributed by atoms with Gasteiger partial charge in [-0.3, -0.25) is 10.6 Å². The molecule has 0 bridgehead atoms. The highest BCUT2D eigenvalue weighted by atomic mass is 16.1. The first-order valence-electron chi connectivity index (χ1n) is 6.44. The van der Waals surface area contributed by atoms with Crippen LogP contribution in [-0.2, 0) is 0 Å². The molecule has 4 heteroatoms. The Kier molecular flexibility index (Phi) is 5.65. The second kappa shape index (κ2) is 7.01. The Labute approximate surface area is 109 Å². The highest BCUT2D eigenvalue weighted by Crippen LogP contribution is 2.11. The summed E-state index contributed by atoms with van der Waals surface area (Å²) in [5, 5.41) is 3.01. The van der Waals surface area contributed by atoms with Crippen molar-refractivity contribution in [2.45, 2.75) is 39.7 Å². The zero-order valence-corrected chi connectivity index (χ0v) is 11.4. The summed E-state index contributed by atoms with van der Waals surface area (Å²) in [5.41, 5.74) is 3.98. The molecule has 4 N–H and O–H groups in total. The van der Waals surface area contributed by atoms with E-state index in [0.29, 0.717) is 11.5 Å². The first-order chi connectivity index (χ1) is 8.56. The van der Waals surface area contributed by atoms with Gasteiger partial charge in [-0.05, 0) is 43.5 Å². The maximum Gasteiger partial charge on any atom is 0.251 e. The van der Waals surface area contributed by atoms with E-state index in [1.165, 1.54) is 0 Å². The second-order valence-electron chi connectivity index (χ2n) is 4.85. The third-order valence-electron chi connectivity index (χ3n) is 3.14. The maximum atomic E-state index is 12.0. The number of carbonyl (C=O) groups excluding carboxylic acids is 1. The summed E-state index contributed by atoms with van der Waals surface area (Å²) < 4.78 is 0. The molecule has 1 rings (SSSR count). The van der Waals surface area contributed by atoms with Crippen molar-refractivity contribution in [2.75, 3.05) is 5.43 Å². The number of anilines is 1. The smallest absolute Gasteiger partial charge is 0.251 e. The molecule has 18 heavy (non-hydrogen) atoms. The quantitative estimate of drug-likeness (QED) is 0.536. The average Bonchev–Trinajstić information content (AvgIpc) is 2.38. The second-order valence-corrected chi connectivity index (χ2v) is 4.85. The van der Waals surface area contributed by atoms with Gasteiger partial charge in [-0.1, -0.05) is 20.3 Å². The molecule has 1 aromatic rings. The van der Waals surface area contributed by atoms with Gasteiger partial charge in [0.1, 0.15) is 0 Å². The molecule has 4 nitrogen and oxygen atoms in total. The Morgan fingerprint density at radius 2 is 1.89 bits per heavy atom. The van der Waals surface area contributed by atoms with Crippen molar-refractivity contribution in [3.8, 4) is 0 Å².